The second-order valence-electron chi connectivity index (χ2n) is 6.81. The molecule has 30 heavy (non-hydrogen) atoms. The first-order valence-corrected chi connectivity index (χ1v) is 10.7. The van der Waals surface area contributed by atoms with Gasteiger partial charge in [-0.25, -0.2) is 14.8 Å². The Labute approximate surface area is 178 Å². The number of esters is 1. The van der Waals surface area contributed by atoms with Gasteiger partial charge in [0, 0.05) is 43.3 Å². The number of hydrogen-bond acceptors (Lipinski definition) is 7. The SMILES string of the molecule is CCOC(=O)c1ccc(N2CCN(C(=O)c3csc(-c4ccccc4)n3)CC2)nc1. The number of hydrogen-bond donors (Lipinski definition) is 0. The van der Waals surface area contributed by atoms with E-state index in [2.05, 4.69) is 14.9 Å². The Morgan fingerprint density at radius 2 is 1.83 bits per heavy atom. The summed E-state index contributed by atoms with van der Waals surface area (Å²) in [5.41, 5.74) is 1.94. The maximum absolute atomic E-state index is 12.9. The average molecular weight is 423 g/mol. The molecule has 4 rings (SSSR count). The zero-order chi connectivity index (χ0) is 20.9. The number of anilines is 1. The third-order valence-electron chi connectivity index (χ3n) is 4.89. The van der Waals surface area contributed by atoms with Crippen LogP contribution in [-0.2, 0) is 4.74 Å². The van der Waals surface area contributed by atoms with Crippen LogP contribution in [0.2, 0.25) is 0 Å². The number of pyridine rings is 1. The summed E-state index contributed by atoms with van der Waals surface area (Å²) in [7, 11) is 0. The Morgan fingerprint density at radius 1 is 1.07 bits per heavy atom. The van der Waals surface area contributed by atoms with E-state index in [9.17, 15) is 9.59 Å². The van der Waals surface area contributed by atoms with Gasteiger partial charge in [-0.2, -0.15) is 0 Å². The van der Waals surface area contributed by atoms with Gasteiger partial charge in [0.05, 0.1) is 12.2 Å². The van der Waals surface area contributed by atoms with Gasteiger partial charge in [0.1, 0.15) is 16.5 Å². The van der Waals surface area contributed by atoms with Crippen molar-refractivity contribution in [1.29, 1.82) is 0 Å². The van der Waals surface area contributed by atoms with E-state index in [0.29, 0.717) is 44.0 Å². The fraction of sp³-hybridized carbons (Fsp3) is 0.273. The second kappa shape index (κ2) is 9.04. The third kappa shape index (κ3) is 4.33. The minimum absolute atomic E-state index is 0.0429. The molecular weight excluding hydrogens is 400 g/mol. The lowest BCUT2D eigenvalue weighted by Gasteiger charge is -2.35. The highest BCUT2D eigenvalue weighted by molar-refractivity contribution is 7.13. The van der Waals surface area contributed by atoms with Crippen LogP contribution in [0.4, 0.5) is 5.82 Å². The summed E-state index contributed by atoms with van der Waals surface area (Å²) in [6.45, 7) is 4.65. The largest absolute Gasteiger partial charge is 0.462 e. The van der Waals surface area contributed by atoms with Gasteiger partial charge in [-0.05, 0) is 19.1 Å². The van der Waals surface area contributed by atoms with Gasteiger partial charge in [-0.15, -0.1) is 11.3 Å². The Morgan fingerprint density at radius 3 is 2.50 bits per heavy atom. The van der Waals surface area contributed by atoms with Crippen molar-refractivity contribution >= 4 is 29.0 Å². The molecule has 1 amide bonds. The van der Waals surface area contributed by atoms with E-state index in [1.54, 1.807) is 13.0 Å². The summed E-state index contributed by atoms with van der Waals surface area (Å²) in [4.78, 5) is 37.5. The molecule has 2 aromatic heterocycles. The fourth-order valence-corrected chi connectivity index (χ4v) is 4.09. The summed E-state index contributed by atoms with van der Waals surface area (Å²) >= 11 is 1.48. The monoisotopic (exact) mass is 422 g/mol. The van der Waals surface area contributed by atoms with Crippen molar-refractivity contribution in [2.24, 2.45) is 0 Å². The smallest absolute Gasteiger partial charge is 0.339 e. The molecule has 1 aromatic carbocycles. The molecule has 3 heterocycles. The first-order chi connectivity index (χ1) is 14.7. The molecule has 0 spiro atoms. The molecule has 7 nitrogen and oxygen atoms in total. The first-order valence-electron chi connectivity index (χ1n) is 9.84. The van der Waals surface area contributed by atoms with Crippen LogP contribution in [-0.4, -0.2) is 59.5 Å². The Kier molecular flexibility index (Phi) is 6.04. The number of nitrogens with zero attached hydrogens (tertiary/aromatic N) is 4. The molecule has 0 N–H and O–H groups in total. The average Bonchev–Trinajstić information content (AvgIpc) is 3.30. The number of amides is 1. The zero-order valence-electron chi connectivity index (χ0n) is 16.7. The van der Waals surface area contributed by atoms with Gasteiger partial charge < -0.3 is 14.5 Å². The Bertz CT molecular complexity index is 1010. The van der Waals surface area contributed by atoms with E-state index in [4.69, 9.17) is 4.74 Å². The number of rotatable bonds is 5. The standard InChI is InChI=1S/C22H22N4O3S/c1-2-29-22(28)17-8-9-19(23-14-17)25-10-12-26(13-11-25)21(27)18-15-30-20(24-18)16-6-4-3-5-7-16/h3-9,14-15H,2,10-13H2,1H3. The van der Waals surface area contributed by atoms with E-state index in [-0.39, 0.29) is 11.9 Å². The van der Waals surface area contributed by atoms with E-state index in [1.807, 2.05) is 46.7 Å². The highest BCUT2D eigenvalue weighted by Gasteiger charge is 2.24. The van der Waals surface area contributed by atoms with Crippen molar-refractivity contribution in [1.82, 2.24) is 14.9 Å². The van der Waals surface area contributed by atoms with Crippen LogP contribution in [0.15, 0.2) is 54.0 Å². The summed E-state index contributed by atoms with van der Waals surface area (Å²) in [5, 5.41) is 2.68. The van der Waals surface area contributed by atoms with Crippen molar-refractivity contribution in [2.45, 2.75) is 6.92 Å². The molecule has 0 radical (unpaired) electrons. The normalized spacial score (nSPS) is 13.9. The van der Waals surface area contributed by atoms with Crippen molar-refractivity contribution in [3.8, 4) is 10.6 Å². The number of thiazole rings is 1. The molecular formula is C22H22N4O3S. The van der Waals surface area contributed by atoms with Gasteiger partial charge in [0.25, 0.3) is 5.91 Å². The van der Waals surface area contributed by atoms with Gasteiger partial charge in [0.15, 0.2) is 0 Å². The zero-order valence-corrected chi connectivity index (χ0v) is 17.5. The van der Waals surface area contributed by atoms with E-state index in [1.165, 1.54) is 17.5 Å². The predicted octanol–water partition coefficient (Wildman–Crippen LogP) is 3.34. The molecule has 0 atom stereocenters. The predicted molar refractivity (Wildman–Crippen MR) is 116 cm³/mol. The van der Waals surface area contributed by atoms with E-state index in [0.717, 1.165) is 16.4 Å². The van der Waals surface area contributed by atoms with Gasteiger partial charge in [-0.1, -0.05) is 30.3 Å². The quantitative estimate of drug-likeness (QED) is 0.587. The topological polar surface area (TPSA) is 75.6 Å². The summed E-state index contributed by atoms with van der Waals surface area (Å²) in [6.07, 6.45) is 1.53. The fourth-order valence-electron chi connectivity index (χ4n) is 3.29. The maximum atomic E-state index is 12.9. The van der Waals surface area contributed by atoms with Gasteiger partial charge in [-0.3, -0.25) is 4.79 Å². The molecule has 1 saturated heterocycles. The van der Waals surface area contributed by atoms with Crippen molar-refractivity contribution in [3.63, 3.8) is 0 Å². The maximum Gasteiger partial charge on any atom is 0.339 e. The highest BCUT2D eigenvalue weighted by atomic mass is 32.1. The molecule has 3 aromatic rings. The summed E-state index contributed by atoms with van der Waals surface area (Å²) in [6, 6.07) is 13.4. The molecule has 1 fully saturated rings. The molecule has 8 heteroatoms. The molecule has 154 valence electrons. The summed E-state index contributed by atoms with van der Waals surface area (Å²) in [5.74, 6) is 0.374. The van der Waals surface area contributed by atoms with Crippen molar-refractivity contribution < 1.29 is 14.3 Å². The third-order valence-corrected chi connectivity index (χ3v) is 5.79. The Hall–Kier alpha value is -3.26. The number of ether oxygens (including phenoxy) is 1. The molecule has 1 aliphatic rings. The van der Waals surface area contributed by atoms with Gasteiger partial charge in [0.2, 0.25) is 0 Å². The van der Waals surface area contributed by atoms with Crippen molar-refractivity contribution in [3.05, 3.63) is 65.3 Å². The van der Waals surface area contributed by atoms with Crippen LogP contribution >= 0.6 is 11.3 Å². The number of benzene rings is 1. The number of aromatic nitrogens is 2. The molecule has 0 aliphatic carbocycles. The van der Waals surface area contributed by atoms with Crippen LogP contribution in [0, 0.1) is 0 Å². The number of piperazine rings is 1. The van der Waals surface area contributed by atoms with Crippen molar-refractivity contribution in [2.75, 3.05) is 37.7 Å². The summed E-state index contributed by atoms with van der Waals surface area (Å²) < 4.78 is 4.98. The minimum Gasteiger partial charge on any atom is -0.462 e. The van der Waals surface area contributed by atoms with Crippen LogP contribution in [0.25, 0.3) is 10.6 Å². The lowest BCUT2D eigenvalue weighted by atomic mass is 10.2. The highest BCUT2D eigenvalue weighted by Crippen LogP contribution is 2.24. The van der Waals surface area contributed by atoms with Crippen LogP contribution < -0.4 is 4.90 Å². The van der Waals surface area contributed by atoms with Crippen LogP contribution in [0.1, 0.15) is 27.8 Å². The van der Waals surface area contributed by atoms with Crippen LogP contribution in [0.5, 0.6) is 0 Å². The molecule has 0 bridgehead atoms. The lowest BCUT2D eigenvalue weighted by molar-refractivity contribution is 0.0525. The van der Waals surface area contributed by atoms with Crippen LogP contribution in [0.3, 0.4) is 0 Å². The first kappa shape index (κ1) is 20.0. The van der Waals surface area contributed by atoms with E-state index >= 15 is 0 Å². The molecule has 1 aliphatic heterocycles. The second-order valence-corrected chi connectivity index (χ2v) is 7.67. The number of carbonyl (C=O) groups excluding carboxylic acids is 2. The molecule has 0 unspecified atom stereocenters. The number of carbonyl (C=O) groups is 2. The lowest BCUT2D eigenvalue weighted by Crippen LogP contribution is -2.49. The Balaban J connectivity index is 1.36. The van der Waals surface area contributed by atoms with Gasteiger partial charge >= 0.3 is 5.97 Å². The van der Waals surface area contributed by atoms with E-state index < -0.39 is 0 Å². The molecule has 0 saturated carbocycles. The minimum atomic E-state index is -0.370.